The highest BCUT2D eigenvalue weighted by atomic mass is 35.5. The zero-order valence-electron chi connectivity index (χ0n) is 16.0. The number of nitrogens with zero attached hydrogens (tertiary/aromatic N) is 1. The van der Waals surface area contributed by atoms with Crippen LogP contribution in [0.3, 0.4) is 0 Å². The van der Waals surface area contributed by atoms with Crippen molar-refractivity contribution in [2.75, 3.05) is 26.8 Å². The number of aromatic nitrogens is 1. The predicted molar refractivity (Wildman–Crippen MR) is 107 cm³/mol. The van der Waals surface area contributed by atoms with Crippen LogP contribution in [0.5, 0.6) is 5.75 Å². The largest absolute Gasteiger partial charge is 0.497 e. The second kappa shape index (κ2) is 8.89. The van der Waals surface area contributed by atoms with E-state index in [9.17, 15) is 4.79 Å². The van der Waals surface area contributed by atoms with Gasteiger partial charge in [-0.25, -0.2) is 0 Å². The first-order valence-corrected chi connectivity index (χ1v) is 9.96. The Morgan fingerprint density at radius 3 is 2.81 bits per heavy atom. The highest BCUT2D eigenvalue weighted by Crippen LogP contribution is 2.37. The molecule has 0 saturated carbocycles. The molecule has 1 aromatic heterocycles. The lowest BCUT2D eigenvalue weighted by Crippen LogP contribution is -2.43. The van der Waals surface area contributed by atoms with Crippen LogP contribution in [0.2, 0.25) is 5.02 Å². The number of piperidine rings is 1. The lowest BCUT2D eigenvalue weighted by molar-refractivity contribution is -0.157. The molecule has 27 heavy (non-hydrogen) atoms. The summed E-state index contributed by atoms with van der Waals surface area (Å²) < 4.78 is 10.7. The molecule has 1 aliphatic rings. The van der Waals surface area contributed by atoms with Crippen molar-refractivity contribution in [2.24, 2.45) is 5.41 Å². The molecule has 0 aliphatic carbocycles. The molecule has 0 radical (unpaired) electrons. The van der Waals surface area contributed by atoms with Crippen LogP contribution < -0.4 is 10.1 Å². The van der Waals surface area contributed by atoms with Gasteiger partial charge in [0.05, 0.1) is 29.7 Å². The fourth-order valence-corrected chi connectivity index (χ4v) is 4.18. The summed E-state index contributed by atoms with van der Waals surface area (Å²) in [7, 11) is 1.65. The summed E-state index contributed by atoms with van der Waals surface area (Å²) in [4.78, 5) is 17.0. The van der Waals surface area contributed by atoms with Crippen LogP contribution in [0.25, 0.3) is 10.9 Å². The molecule has 2 heterocycles. The van der Waals surface area contributed by atoms with Gasteiger partial charge in [-0.15, -0.1) is 0 Å². The number of methoxy groups -OCH3 is 1. The van der Waals surface area contributed by atoms with Gasteiger partial charge in [0.15, 0.2) is 0 Å². The first-order chi connectivity index (χ1) is 13.1. The minimum atomic E-state index is -0.381. The molecule has 1 saturated heterocycles. The van der Waals surface area contributed by atoms with Crippen molar-refractivity contribution < 1.29 is 14.3 Å². The minimum absolute atomic E-state index is 0.0566. The van der Waals surface area contributed by atoms with E-state index in [0.29, 0.717) is 11.6 Å². The van der Waals surface area contributed by atoms with Crippen molar-refractivity contribution in [3.8, 4) is 5.75 Å². The van der Waals surface area contributed by atoms with Gasteiger partial charge in [-0.3, -0.25) is 9.78 Å². The molecule has 3 rings (SSSR count). The number of pyridine rings is 1. The van der Waals surface area contributed by atoms with Gasteiger partial charge in [-0.05, 0) is 75.9 Å². The number of halogens is 1. The molecule has 2 aromatic rings. The molecule has 1 N–H and O–H groups in total. The van der Waals surface area contributed by atoms with E-state index in [0.717, 1.165) is 67.4 Å². The van der Waals surface area contributed by atoms with Crippen LogP contribution in [-0.2, 0) is 16.0 Å². The first kappa shape index (κ1) is 19.9. The van der Waals surface area contributed by atoms with E-state index in [-0.39, 0.29) is 11.4 Å². The van der Waals surface area contributed by atoms with Crippen LogP contribution in [-0.4, -0.2) is 37.8 Å². The monoisotopic (exact) mass is 390 g/mol. The number of rotatable bonds is 7. The molecule has 1 aliphatic heterocycles. The summed E-state index contributed by atoms with van der Waals surface area (Å²) in [5.41, 5.74) is 1.58. The summed E-state index contributed by atoms with van der Waals surface area (Å²) in [5, 5.41) is 5.01. The van der Waals surface area contributed by atoms with E-state index in [1.54, 1.807) is 13.3 Å². The molecule has 0 amide bonds. The zero-order chi connectivity index (χ0) is 19.3. The normalized spacial score (nSPS) is 16.3. The van der Waals surface area contributed by atoms with E-state index in [1.165, 1.54) is 0 Å². The maximum atomic E-state index is 12.6. The molecule has 0 bridgehead atoms. The maximum Gasteiger partial charge on any atom is 0.312 e. The van der Waals surface area contributed by atoms with Gasteiger partial charge in [0.1, 0.15) is 5.75 Å². The molecule has 5 nitrogen and oxygen atoms in total. The smallest absolute Gasteiger partial charge is 0.312 e. The fraction of sp³-hybridized carbons (Fsp3) is 0.524. The van der Waals surface area contributed by atoms with Gasteiger partial charge in [0.2, 0.25) is 0 Å². The van der Waals surface area contributed by atoms with Crippen LogP contribution in [0, 0.1) is 5.41 Å². The number of carbonyl (C=O) groups excluding carboxylic acids is 1. The van der Waals surface area contributed by atoms with E-state index < -0.39 is 0 Å². The Kier molecular flexibility index (Phi) is 6.55. The van der Waals surface area contributed by atoms with Crippen LogP contribution in [0.1, 0.15) is 38.2 Å². The predicted octanol–water partition coefficient (Wildman–Crippen LogP) is 4.15. The third-order valence-corrected chi connectivity index (χ3v) is 5.81. The Labute approximate surface area is 165 Å². The third-order valence-electron chi connectivity index (χ3n) is 5.49. The molecular weight excluding hydrogens is 364 g/mol. The van der Waals surface area contributed by atoms with Crippen LogP contribution in [0.15, 0.2) is 24.4 Å². The molecule has 0 atom stereocenters. The van der Waals surface area contributed by atoms with Crippen molar-refractivity contribution in [2.45, 2.75) is 39.0 Å². The number of aryl methyl sites for hydroxylation is 1. The van der Waals surface area contributed by atoms with Gasteiger partial charge in [0.25, 0.3) is 0 Å². The van der Waals surface area contributed by atoms with Gasteiger partial charge < -0.3 is 14.8 Å². The van der Waals surface area contributed by atoms with E-state index >= 15 is 0 Å². The summed E-state index contributed by atoms with van der Waals surface area (Å²) in [5.74, 6) is 0.730. The minimum Gasteiger partial charge on any atom is -0.497 e. The molecule has 1 fully saturated rings. The Balaban J connectivity index is 1.79. The Hall–Kier alpha value is -1.85. The lowest BCUT2D eigenvalue weighted by Gasteiger charge is -2.35. The molecular formula is C21H27ClN2O3. The van der Waals surface area contributed by atoms with E-state index in [2.05, 4.69) is 10.3 Å². The molecule has 146 valence electrons. The molecule has 0 spiro atoms. The standard InChI is InChI=1S/C21H27ClN2O3/c1-3-27-20(25)21(9-11-23-12-10-21)8-4-5-16-17-13-15(26-2)6-7-19(17)24-14-18(16)22/h6-7,13-14,23H,3-5,8-12H2,1-2H3. The van der Waals surface area contributed by atoms with Crippen molar-refractivity contribution in [3.63, 3.8) is 0 Å². The zero-order valence-corrected chi connectivity index (χ0v) is 16.8. The van der Waals surface area contributed by atoms with Crippen molar-refractivity contribution >= 4 is 28.5 Å². The number of ether oxygens (including phenoxy) is 2. The quantitative estimate of drug-likeness (QED) is 0.719. The maximum absolute atomic E-state index is 12.6. The first-order valence-electron chi connectivity index (χ1n) is 9.59. The number of fused-ring (bicyclic) bond motifs is 1. The Morgan fingerprint density at radius 1 is 1.33 bits per heavy atom. The van der Waals surface area contributed by atoms with Crippen molar-refractivity contribution in [1.29, 1.82) is 0 Å². The summed E-state index contributed by atoms with van der Waals surface area (Å²) in [6.07, 6.45) is 5.82. The van der Waals surface area contributed by atoms with Crippen LogP contribution in [0.4, 0.5) is 0 Å². The number of carbonyl (C=O) groups is 1. The number of benzene rings is 1. The van der Waals surface area contributed by atoms with Crippen molar-refractivity contribution in [1.82, 2.24) is 10.3 Å². The number of hydrogen-bond acceptors (Lipinski definition) is 5. The summed E-state index contributed by atoms with van der Waals surface area (Å²) in [6, 6.07) is 5.83. The fourth-order valence-electron chi connectivity index (χ4n) is 3.93. The van der Waals surface area contributed by atoms with Gasteiger partial charge >= 0.3 is 5.97 Å². The number of hydrogen-bond donors (Lipinski definition) is 1. The van der Waals surface area contributed by atoms with Gasteiger partial charge in [-0.1, -0.05) is 11.6 Å². The van der Waals surface area contributed by atoms with E-state index in [1.807, 2.05) is 25.1 Å². The average molecular weight is 391 g/mol. The van der Waals surface area contributed by atoms with Gasteiger partial charge in [0, 0.05) is 11.6 Å². The highest BCUT2D eigenvalue weighted by molar-refractivity contribution is 6.32. The molecule has 6 heteroatoms. The summed E-state index contributed by atoms with van der Waals surface area (Å²) in [6.45, 7) is 4.00. The lowest BCUT2D eigenvalue weighted by atomic mass is 9.74. The Morgan fingerprint density at radius 2 is 2.11 bits per heavy atom. The molecule has 1 aromatic carbocycles. The summed E-state index contributed by atoms with van der Waals surface area (Å²) >= 11 is 6.46. The number of esters is 1. The number of nitrogens with one attached hydrogen (secondary N) is 1. The Bertz CT molecular complexity index is 803. The topological polar surface area (TPSA) is 60.5 Å². The molecule has 0 unspecified atom stereocenters. The second-order valence-electron chi connectivity index (χ2n) is 7.07. The SMILES string of the molecule is CCOC(=O)C1(CCCc2c(Cl)cnc3ccc(OC)cc23)CCNCC1. The van der Waals surface area contributed by atoms with Crippen LogP contribution >= 0.6 is 11.6 Å². The third kappa shape index (κ3) is 4.36. The van der Waals surface area contributed by atoms with E-state index in [4.69, 9.17) is 21.1 Å². The highest BCUT2D eigenvalue weighted by Gasteiger charge is 2.40. The second-order valence-corrected chi connectivity index (χ2v) is 7.48. The van der Waals surface area contributed by atoms with Crippen molar-refractivity contribution in [3.05, 3.63) is 35.0 Å². The average Bonchev–Trinajstić information content (AvgIpc) is 2.70. The van der Waals surface area contributed by atoms with Gasteiger partial charge in [-0.2, -0.15) is 0 Å².